The van der Waals surface area contributed by atoms with E-state index in [2.05, 4.69) is 22.1 Å². The molecule has 0 unspecified atom stereocenters. The normalized spacial score (nSPS) is 10.6. The molecule has 7 heteroatoms. The minimum atomic E-state index is -0.309. The molecule has 0 radical (unpaired) electrons. The summed E-state index contributed by atoms with van der Waals surface area (Å²) in [5.41, 5.74) is 11.4. The third kappa shape index (κ3) is 6.18. The Balaban J connectivity index is 1.36. The minimum Gasteiger partial charge on any atom is -0.399 e. The molecule has 3 N–H and O–H groups in total. The van der Waals surface area contributed by atoms with Crippen LogP contribution in [-0.2, 0) is 12.3 Å². The number of imidazole rings is 1. The zero-order valence-corrected chi connectivity index (χ0v) is 20.6. The van der Waals surface area contributed by atoms with E-state index in [0.717, 1.165) is 38.7 Å². The number of nitrogens with zero attached hydrogens (tertiary/aromatic N) is 2. The number of carbonyl (C=O) groups is 1. The van der Waals surface area contributed by atoms with E-state index in [9.17, 15) is 9.18 Å². The Hall–Kier alpha value is -4.54. The highest BCUT2D eigenvalue weighted by Gasteiger charge is 2.10. The summed E-state index contributed by atoms with van der Waals surface area (Å²) in [4.78, 5) is 18.2. The molecule has 3 aromatic carbocycles. The fourth-order valence-electron chi connectivity index (χ4n) is 3.69. The van der Waals surface area contributed by atoms with Crippen molar-refractivity contribution in [3.05, 3.63) is 131 Å². The number of hydrogen-bond acceptors (Lipinski definition) is 4. The number of anilines is 1. The van der Waals surface area contributed by atoms with Crippen molar-refractivity contribution in [1.82, 2.24) is 14.7 Å². The van der Waals surface area contributed by atoms with Crippen molar-refractivity contribution < 1.29 is 9.18 Å². The molecular formula is C30H23FN4OS. The zero-order valence-electron chi connectivity index (χ0n) is 19.8. The van der Waals surface area contributed by atoms with E-state index in [-0.39, 0.29) is 11.7 Å². The van der Waals surface area contributed by atoms with Crippen LogP contribution in [0.4, 0.5) is 10.1 Å². The molecule has 2 aromatic heterocycles. The van der Waals surface area contributed by atoms with Crippen molar-refractivity contribution in [3.63, 3.8) is 0 Å². The van der Waals surface area contributed by atoms with E-state index in [0.29, 0.717) is 17.7 Å². The summed E-state index contributed by atoms with van der Waals surface area (Å²) in [7, 11) is 0. The summed E-state index contributed by atoms with van der Waals surface area (Å²) >= 11 is 1.63. The van der Waals surface area contributed by atoms with Crippen LogP contribution in [0.15, 0.2) is 102 Å². The molecule has 0 saturated carbocycles. The lowest BCUT2D eigenvalue weighted by atomic mass is 10.1. The van der Waals surface area contributed by atoms with Crippen LogP contribution in [0.5, 0.6) is 0 Å². The molecule has 2 heterocycles. The summed E-state index contributed by atoms with van der Waals surface area (Å²) in [6, 6.07) is 23.2. The highest BCUT2D eigenvalue weighted by molar-refractivity contribution is 7.98. The standard InChI is InChI=1S/C30H23FN4OS/c31-26-8-2-21(3-9-26)1-6-24-18-25(7-12-28(24)37-20-22-4-10-27(32)11-5-22)30(36)34-19-23-13-15-35-16-14-33-29(35)17-23/h2-5,7-18H,19-20,32H2,(H,34,36). The maximum atomic E-state index is 13.3. The number of nitrogens with one attached hydrogen (secondary N) is 1. The Morgan fingerprint density at radius 1 is 0.946 bits per heavy atom. The number of carbonyl (C=O) groups excluding carboxylic acids is 1. The molecule has 5 nitrogen and oxygen atoms in total. The summed E-state index contributed by atoms with van der Waals surface area (Å²) < 4.78 is 15.2. The number of hydrogen-bond donors (Lipinski definition) is 2. The minimum absolute atomic E-state index is 0.192. The third-order valence-corrected chi connectivity index (χ3v) is 6.86. The van der Waals surface area contributed by atoms with Crippen LogP contribution in [0, 0.1) is 17.7 Å². The van der Waals surface area contributed by atoms with Gasteiger partial charge in [0, 0.05) is 58.2 Å². The first-order valence-corrected chi connectivity index (χ1v) is 12.6. The van der Waals surface area contributed by atoms with Crippen LogP contribution in [0.2, 0.25) is 0 Å². The van der Waals surface area contributed by atoms with Crippen molar-refractivity contribution in [1.29, 1.82) is 0 Å². The molecule has 0 aliphatic heterocycles. The summed E-state index contributed by atoms with van der Waals surface area (Å²) in [5, 5.41) is 2.98. The van der Waals surface area contributed by atoms with Gasteiger partial charge < -0.3 is 15.5 Å². The van der Waals surface area contributed by atoms with Crippen molar-refractivity contribution in [2.45, 2.75) is 17.2 Å². The predicted octanol–water partition coefficient (Wildman–Crippen LogP) is 5.68. The summed E-state index contributed by atoms with van der Waals surface area (Å²) in [5.74, 6) is 6.49. The van der Waals surface area contributed by atoms with Crippen molar-refractivity contribution in [2.24, 2.45) is 0 Å². The lowest BCUT2D eigenvalue weighted by molar-refractivity contribution is 0.0951. The van der Waals surface area contributed by atoms with E-state index < -0.39 is 0 Å². The number of pyridine rings is 1. The molecular weight excluding hydrogens is 483 g/mol. The van der Waals surface area contributed by atoms with Gasteiger partial charge in [-0.2, -0.15) is 0 Å². The second-order valence-corrected chi connectivity index (χ2v) is 9.43. The molecule has 37 heavy (non-hydrogen) atoms. The van der Waals surface area contributed by atoms with Gasteiger partial charge in [-0.3, -0.25) is 4.79 Å². The van der Waals surface area contributed by atoms with Gasteiger partial charge >= 0.3 is 0 Å². The Morgan fingerprint density at radius 3 is 2.57 bits per heavy atom. The van der Waals surface area contributed by atoms with Crippen molar-refractivity contribution in [3.8, 4) is 11.8 Å². The van der Waals surface area contributed by atoms with Crippen molar-refractivity contribution >= 4 is 29.0 Å². The van der Waals surface area contributed by atoms with E-state index >= 15 is 0 Å². The van der Waals surface area contributed by atoms with Crippen LogP contribution >= 0.6 is 11.8 Å². The number of rotatable bonds is 6. The van der Waals surface area contributed by atoms with Crippen LogP contribution in [0.3, 0.4) is 0 Å². The molecule has 5 aromatic rings. The van der Waals surface area contributed by atoms with E-state index in [1.807, 2.05) is 65.3 Å². The van der Waals surface area contributed by atoms with Gasteiger partial charge in [0.25, 0.3) is 5.91 Å². The Kier molecular flexibility index (Phi) is 7.20. The first-order valence-electron chi connectivity index (χ1n) is 11.6. The first kappa shape index (κ1) is 24.2. The number of amides is 1. The molecule has 5 rings (SSSR count). The predicted molar refractivity (Wildman–Crippen MR) is 146 cm³/mol. The Bertz CT molecular complexity index is 1620. The number of thioether (sulfide) groups is 1. The second-order valence-electron chi connectivity index (χ2n) is 8.41. The third-order valence-electron chi connectivity index (χ3n) is 5.72. The largest absolute Gasteiger partial charge is 0.399 e. The Labute approximate surface area is 218 Å². The first-order chi connectivity index (χ1) is 18.0. The molecule has 0 fully saturated rings. The quantitative estimate of drug-likeness (QED) is 0.177. The van der Waals surface area contributed by atoms with Gasteiger partial charge in [0.1, 0.15) is 11.5 Å². The number of nitrogens with two attached hydrogens (primary N) is 1. The van der Waals surface area contributed by atoms with Gasteiger partial charge in [-0.05, 0) is 77.9 Å². The molecule has 0 bridgehead atoms. The number of aromatic nitrogens is 2. The lowest BCUT2D eigenvalue weighted by Gasteiger charge is -2.10. The van der Waals surface area contributed by atoms with Gasteiger partial charge in [-0.15, -0.1) is 11.8 Å². The Morgan fingerprint density at radius 2 is 1.76 bits per heavy atom. The molecule has 0 atom stereocenters. The van der Waals surface area contributed by atoms with Crippen LogP contribution in [0.25, 0.3) is 5.65 Å². The van der Waals surface area contributed by atoms with E-state index in [4.69, 9.17) is 5.73 Å². The van der Waals surface area contributed by atoms with E-state index in [1.54, 1.807) is 36.2 Å². The summed E-state index contributed by atoms with van der Waals surface area (Å²) in [6.45, 7) is 0.381. The van der Waals surface area contributed by atoms with E-state index in [1.165, 1.54) is 12.1 Å². The van der Waals surface area contributed by atoms with Crippen LogP contribution in [0.1, 0.15) is 32.6 Å². The average Bonchev–Trinajstić information content (AvgIpc) is 3.39. The maximum absolute atomic E-state index is 13.3. The molecule has 182 valence electrons. The number of halogens is 1. The molecule has 1 amide bonds. The maximum Gasteiger partial charge on any atom is 0.251 e. The highest BCUT2D eigenvalue weighted by atomic mass is 32.2. The fourth-order valence-corrected chi connectivity index (χ4v) is 4.63. The van der Waals surface area contributed by atoms with Crippen molar-refractivity contribution in [2.75, 3.05) is 5.73 Å². The molecule has 0 spiro atoms. The fraction of sp³-hybridized carbons (Fsp3) is 0.0667. The summed E-state index contributed by atoms with van der Waals surface area (Å²) in [6.07, 6.45) is 5.53. The van der Waals surface area contributed by atoms with Gasteiger partial charge in [0.05, 0.1) is 0 Å². The van der Waals surface area contributed by atoms with Gasteiger partial charge in [0.2, 0.25) is 0 Å². The second kappa shape index (κ2) is 11.0. The number of fused-ring (bicyclic) bond motifs is 1. The topological polar surface area (TPSA) is 72.4 Å². The smallest absolute Gasteiger partial charge is 0.251 e. The van der Waals surface area contributed by atoms with Gasteiger partial charge in [-0.1, -0.05) is 24.0 Å². The molecule has 0 aliphatic carbocycles. The number of nitrogen functional groups attached to an aromatic ring is 1. The number of benzene rings is 3. The lowest BCUT2D eigenvalue weighted by Crippen LogP contribution is -2.23. The van der Waals surface area contributed by atoms with Gasteiger partial charge in [-0.25, -0.2) is 9.37 Å². The van der Waals surface area contributed by atoms with Crippen LogP contribution in [-0.4, -0.2) is 15.3 Å². The van der Waals surface area contributed by atoms with Crippen LogP contribution < -0.4 is 11.1 Å². The molecule has 0 saturated heterocycles. The monoisotopic (exact) mass is 506 g/mol. The molecule has 0 aliphatic rings. The highest BCUT2D eigenvalue weighted by Crippen LogP contribution is 2.27. The average molecular weight is 507 g/mol. The zero-order chi connectivity index (χ0) is 25.6. The SMILES string of the molecule is Nc1ccc(CSc2ccc(C(=O)NCc3ccn4ccnc4c3)cc2C#Cc2ccc(F)cc2)cc1. The van der Waals surface area contributed by atoms with Gasteiger partial charge in [0.15, 0.2) is 0 Å².